The molecule has 10 heteroatoms. The standard InChI is InChI=1S/C13H8BrClN4O4/c14-9-1-8(4-16-6-9)13(21)18-17-5-7-2-10(15)3-11(12(7)20)19(22)23/h1-6,20H,(H,18,21)/p-1/b17-5-. The number of nitro groups is 1. The third kappa shape index (κ3) is 4.24. The number of halogens is 2. The number of hydrogen-bond donors (Lipinski definition) is 1. The molecule has 23 heavy (non-hydrogen) atoms. The topological polar surface area (TPSA) is 121 Å². The molecule has 0 fully saturated rings. The minimum absolute atomic E-state index is 0.0141. The molecule has 0 saturated carbocycles. The third-order valence-corrected chi connectivity index (χ3v) is 3.25. The summed E-state index contributed by atoms with van der Waals surface area (Å²) < 4.78 is 0.612. The highest BCUT2D eigenvalue weighted by molar-refractivity contribution is 9.10. The van der Waals surface area contributed by atoms with Crippen LogP contribution >= 0.6 is 27.5 Å². The Kier molecular flexibility index (Phi) is 5.24. The zero-order valence-corrected chi connectivity index (χ0v) is 13.5. The molecule has 0 spiro atoms. The van der Waals surface area contributed by atoms with E-state index in [0.29, 0.717) is 4.47 Å². The van der Waals surface area contributed by atoms with Crippen molar-refractivity contribution in [1.82, 2.24) is 10.4 Å². The summed E-state index contributed by atoms with van der Waals surface area (Å²) >= 11 is 8.89. The SMILES string of the molecule is O=C(N/N=C\c1cc(Cl)cc([N+](=O)[O-])c1[O-])c1cncc(Br)c1. The minimum atomic E-state index is -0.846. The van der Waals surface area contributed by atoms with E-state index in [1.807, 2.05) is 0 Å². The van der Waals surface area contributed by atoms with Gasteiger partial charge in [-0.25, -0.2) is 5.43 Å². The number of nitrogens with one attached hydrogen (secondary N) is 1. The van der Waals surface area contributed by atoms with Gasteiger partial charge in [0, 0.05) is 28.0 Å². The predicted molar refractivity (Wildman–Crippen MR) is 84.5 cm³/mol. The summed E-state index contributed by atoms with van der Waals surface area (Å²) in [5.74, 6) is -1.40. The van der Waals surface area contributed by atoms with Gasteiger partial charge in [-0.2, -0.15) is 5.10 Å². The van der Waals surface area contributed by atoms with Crippen LogP contribution in [0.15, 0.2) is 40.2 Å². The normalized spacial score (nSPS) is 10.7. The second-order valence-corrected chi connectivity index (χ2v) is 5.54. The minimum Gasteiger partial charge on any atom is -0.867 e. The van der Waals surface area contributed by atoms with Crippen molar-refractivity contribution in [3.8, 4) is 5.75 Å². The third-order valence-electron chi connectivity index (χ3n) is 2.60. The zero-order chi connectivity index (χ0) is 17.0. The van der Waals surface area contributed by atoms with Gasteiger partial charge in [0.05, 0.1) is 16.7 Å². The molecule has 2 aromatic rings. The van der Waals surface area contributed by atoms with E-state index in [1.165, 1.54) is 24.5 Å². The summed E-state index contributed by atoms with van der Waals surface area (Å²) in [5, 5.41) is 26.2. The fourth-order valence-electron chi connectivity index (χ4n) is 1.59. The van der Waals surface area contributed by atoms with E-state index in [1.54, 1.807) is 0 Å². The Morgan fingerprint density at radius 2 is 2.13 bits per heavy atom. The average molecular weight is 399 g/mol. The number of hydrogen-bond acceptors (Lipinski definition) is 6. The van der Waals surface area contributed by atoms with Crippen molar-refractivity contribution < 1.29 is 14.8 Å². The second-order valence-electron chi connectivity index (χ2n) is 4.19. The van der Waals surface area contributed by atoms with Crippen molar-refractivity contribution in [3.63, 3.8) is 0 Å². The average Bonchev–Trinajstić information content (AvgIpc) is 2.49. The van der Waals surface area contributed by atoms with Crippen molar-refractivity contribution >= 4 is 45.3 Å². The molecule has 2 rings (SSSR count). The fourth-order valence-corrected chi connectivity index (χ4v) is 2.18. The van der Waals surface area contributed by atoms with E-state index in [9.17, 15) is 20.0 Å². The summed E-state index contributed by atoms with van der Waals surface area (Å²) in [6, 6.07) is 3.70. The van der Waals surface area contributed by atoms with Crippen LogP contribution in [0.25, 0.3) is 0 Å². The van der Waals surface area contributed by atoms with Crippen LogP contribution in [0.1, 0.15) is 15.9 Å². The maximum absolute atomic E-state index is 11.8. The van der Waals surface area contributed by atoms with Crippen molar-refractivity contribution in [2.24, 2.45) is 5.10 Å². The Morgan fingerprint density at radius 3 is 2.78 bits per heavy atom. The van der Waals surface area contributed by atoms with Crippen LogP contribution in [-0.2, 0) is 0 Å². The molecule has 1 aromatic carbocycles. The van der Waals surface area contributed by atoms with E-state index in [0.717, 1.165) is 12.3 Å². The lowest BCUT2D eigenvalue weighted by Gasteiger charge is -2.10. The Labute approximate surface area is 143 Å². The number of nitrogens with zero attached hydrogens (tertiary/aromatic N) is 3. The maximum Gasteiger partial charge on any atom is 0.272 e. The van der Waals surface area contributed by atoms with Crippen molar-refractivity contribution in [2.45, 2.75) is 0 Å². The van der Waals surface area contributed by atoms with Crippen LogP contribution in [0.2, 0.25) is 5.02 Å². The number of carbonyl (C=O) groups is 1. The largest absolute Gasteiger partial charge is 0.867 e. The number of benzene rings is 1. The zero-order valence-electron chi connectivity index (χ0n) is 11.2. The molecule has 1 amide bonds. The highest BCUT2D eigenvalue weighted by atomic mass is 79.9. The summed E-state index contributed by atoms with van der Waals surface area (Å²) in [7, 11) is 0. The number of pyridine rings is 1. The molecule has 0 unspecified atom stereocenters. The molecule has 0 saturated heterocycles. The maximum atomic E-state index is 11.8. The molecular formula is C13H7BrClN4O4-. The Bertz CT molecular complexity index is 813. The molecule has 8 nitrogen and oxygen atoms in total. The molecule has 0 radical (unpaired) electrons. The summed E-state index contributed by atoms with van der Waals surface area (Å²) in [6.45, 7) is 0. The molecule has 0 bridgehead atoms. The van der Waals surface area contributed by atoms with E-state index in [-0.39, 0.29) is 16.1 Å². The smallest absolute Gasteiger partial charge is 0.272 e. The van der Waals surface area contributed by atoms with Crippen LogP contribution in [0, 0.1) is 10.1 Å². The van der Waals surface area contributed by atoms with Gasteiger partial charge in [-0.05, 0) is 39.4 Å². The van der Waals surface area contributed by atoms with E-state index in [4.69, 9.17) is 11.6 Å². The number of nitro benzene ring substituents is 1. The molecule has 0 aliphatic heterocycles. The van der Waals surface area contributed by atoms with Crippen LogP contribution in [-0.4, -0.2) is 22.0 Å². The number of rotatable bonds is 4. The molecule has 1 aromatic heterocycles. The summed E-state index contributed by atoms with van der Waals surface area (Å²) in [6.07, 6.45) is 3.83. The first kappa shape index (κ1) is 16.8. The Morgan fingerprint density at radius 1 is 1.39 bits per heavy atom. The van der Waals surface area contributed by atoms with Crippen LogP contribution < -0.4 is 10.5 Å². The first-order chi connectivity index (χ1) is 10.9. The lowest BCUT2D eigenvalue weighted by Crippen LogP contribution is -2.18. The van der Waals surface area contributed by atoms with Crippen molar-refractivity contribution in [3.05, 3.63) is 61.3 Å². The fraction of sp³-hybridized carbons (Fsp3) is 0. The van der Waals surface area contributed by atoms with Gasteiger partial charge in [-0.1, -0.05) is 11.6 Å². The van der Waals surface area contributed by atoms with Gasteiger partial charge < -0.3 is 5.11 Å². The first-order valence-corrected chi connectivity index (χ1v) is 7.14. The van der Waals surface area contributed by atoms with Gasteiger partial charge >= 0.3 is 0 Å². The Hall–Kier alpha value is -2.52. The van der Waals surface area contributed by atoms with Crippen LogP contribution in [0.3, 0.4) is 0 Å². The molecule has 0 atom stereocenters. The van der Waals surface area contributed by atoms with E-state index in [2.05, 4.69) is 31.4 Å². The van der Waals surface area contributed by atoms with Gasteiger partial charge in [0.1, 0.15) is 0 Å². The molecule has 118 valence electrons. The van der Waals surface area contributed by atoms with Gasteiger partial charge in [-0.15, -0.1) is 0 Å². The van der Waals surface area contributed by atoms with Gasteiger partial charge in [0.15, 0.2) is 0 Å². The van der Waals surface area contributed by atoms with Crippen LogP contribution in [0.5, 0.6) is 5.75 Å². The van der Waals surface area contributed by atoms with E-state index < -0.39 is 22.3 Å². The van der Waals surface area contributed by atoms with Gasteiger partial charge in [0.25, 0.3) is 11.6 Å². The molecule has 1 heterocycles. The number of carbonyl (C=O) groups excluding carboxylic acids is 1. The molecular weight excluding hydrogens is 392 g/mol. The summed E-state index contributed by atoms with van der Waals surface area (Å²) in [5.41, 5.74) is 1.65. The van der Waals surface area contributed by atoms with Gasteiger partial charge in [-0.3, -0.25) is 19.9 Å². The van der Waals surface area contributed by atoms with Crippen LogP contribution in [0.4, 0.5) is 5.69 Å². The van der Waals surface area contributed by atoms with E-state index >= 15 is 0 Å². The van der Waals surface area contributed by atoms with Crippen molar-refractivity contribution in [2.75, 3.05) is 0 Å². The second kappa shape index (κ2) is 7.16. The lowest BCUT2D eigenvalue weighted by atomic mass is 10.2. The molecule has 0 aliphatic rings. The summed E-state index contributed by atoms with van der Waals surface area (Å²) in [4.78, 5) is 25.6. The van der Waals surface area contributed by atoms with Crippen molar-refractivity contribution in [1.29, 1.82) is 0 Å². The Balaban J connectivity index is 2.18. The van der Waals surface area contributed by atoms with Gasteiger partial charge in [0.2, 0.25) is 0 Å². The lowest BCUT2D eigenvalue weighted by molar-refractivity contribution is -0.398. The molecule has 1 N–H and O–H groups in total. The first-order valence-electron chi connectivity index (χ1n) is 5.97. The monoisotopic (exact) mass is 397 g/mol. The number of aromatic nitrogens is 1. The highest BCUT2D eigenvalue weighted by Crippen LogP contribution is 2.29. The molecule has 0 aliphatic carbocycles. The quantitative estimate of drug-likeness (QED) is 0.481. The predicted octanol–water partition coefficient (Wildman–Crippen LogP) is 2.24. The highest BCUT2D eigenvalue weighted by Gasteiger charge is 2.11. The number of amides is 1. The number of hydrazone groups is 1.